The van der Waals surface area contributed by atoms with Crippen molar-refractivity contribution in [3.05, 3.63) is 58.0 Å². The highest BCUT2D eigenvalue weighted by Crippen LogP contribution is 2.21. The van der Waals surface area contributed by atoms with E-state index in [1.54, 1.807) is 14.0 Å². The molecule has 0 bridgehead atoms. The minimum Gasteiger partial charge on any atom is -0.442 e. The molecular weight excluding hydrogens is 398 g/mol. The highest BCUT2D eigenvalue weighted by atomic mass is 16.5. The van der Waals surface area contributed by atoms with Gasteiger partial charge in [-0.1, -0.05) is 12.1 Å². The number of fused-ring (bicyclic) bond motifs is 2. The lowest BCUT2D eigenvalue weighted by atomic mass is 10.1. The van der Waals surface area contributed by atoms with Gasteiger partial charge < -0.3 is 14.5 Å². The molecule has 9 nitrogen and oxygen atoms in total. The molecule has 3 heterocycles. The first kappa shape index (κ1) is 20.8. The third-order valence-corrected chi connectivity index (χ3v) is 5.25. The lowest BCUT2D eigenvalue weighted by molar-refractivity contribution is 0.0952. The van der Waals surface area contributed by atoms with Crippen molar-refractivity contribution in [2.45, 2.75) is 33.4 Å². The van der Waals surface area contributed by atoms with E-state index in [1.807, 2.05) is 17.8 Å². The second-order valence-electron chi connectivity index (χ2n) is 7.49. The Morgan fingerprint density at radius 2 is 2.10 bits per heavy atom. The third kappa shape index (κ3) is 4.09. The van der Waals surface area contributed by atoms with Gasteiger partial charge in [0.1, 0.15) is 17.5 Å². The van der Waals surface area contributed by atoms with Crippen LogP contribution in [-0.2, 0) is 17.8 Å². The van der Waals surface area contributed by atoms with Gasteiger partial charge in [0.15, 0.2) is 0 Å². The van der Waals surface area contributed by atoms with Gasteiger partial charge in [0.2, 0.25) is 5.71 Å². The molecule has 162 valence electrons. The summed E-state index contributed by atoms with van der Waals surface area (Å²) in [6, 6.07) is 6.21. The van der Waals surface area contributed by atoms with Crippen molar-refractivity contribution >= 4 is 27.9 Å². The van der Waals surface area contributed by atoms with Gasteiger partial charge in [-0.2, -0.15) is 5.10 Å². The fourth-order valence-corrected chi connectivity index (χ4v) is 3.64. The zero-order valence-corrected chi connectivity index (χ0v) is 17.8. The Kier molecular flexibility index (Phi) is 5.85. The molecule has 0 saturated carbocycles. The van der Waals surface area contributed by atoms with Crippen LogP contribution in [0.25, 0.3) is 22.0 Å². The topological polar surface area (TPSA) is 104 Å². The fraction of sp³-hybridized carbons (Fsp3) is 0.364. The van der Waals surface area contributed by atoms with Crippen molar-refractivity contribution in [1.29, 1.82) is 0 Å². The number of aromatic nitrogens is 4. The number of nitrogens with one attached hydrogen (secondary N) is 1. The number of hydrogen-bond acceptors (Lipinski definition) is 6. The van der Waals surface area contributed by atoms with Crippen LogP contribution in [-0.4, -0.2) is 45.5 Å². The first-order valence-electron chi connectivity index (χ1n) is 10.2. The van der Waals surface area contributed by atoms with Crippen molar-refractivity contribution in [2.75, 3.05) is 20.3 Å². The zero-order valence-electron chi connectivity index (χ0n) is 17.8. The van der Waals surface area contributed by atoms with Crippen molar-refractivity contribution in [1.82, 2.24) is 24.6 Å². The smallest absolute Gasteiger partial charge is 0.265 e. The van der Waals surface area contributed by atoms with Crippen molar-refractivity contribution in [2.24, 2.45) is 0 Å². The van der Waals surface area contributed by atoms with Crippen LogP contribution in [0.4, 0.5) is 0 Å². The lowest BCUT2D eigenvalue weighted by Gasteiger charge is -2.07. The number of hydrogen-bond donors (Lipinski definition) is 1. The molecule has 31 heavy (non-hydrogen) atoms. The highest BCUT2D eigenvalue weighted by molar-refractivity contribution is 6.06. The van der Waals surface area contributed by atoms with Crippen LogP contribution in [0.15, 0.2) is 39.9 Å². The maximum absolute atomic E-state index is 12.8. The van der Waals surface area contributed by atoms with Crippen LogP contribution >= 0.6 is 0 Å². The Morgan fingerprint density at radius 3 is 2.90 bits per heavy atom. The highest BCUT2D eigenvalue weighted by Gasteiger charge is 2.22. The molecule has 0 spiro atoms. The summed E-state index contributed by atoms with van der Waals surface area (Å²) in [5.74, 6) is 0.0240. The molecule has 0 unspecified atom stereocenters. The summed E-state index contributed by atoms with van der Waals surface area (Å²) in [6.07, 6.45) is 3.95. The average Bonchev–Trinajstić information content (AvgIpc) is 3.31. The van der Waals surface area contributed by atoms with Gasteiger partial charge in [0, 0.05) is 25.6 Å². The molecule has 0 aliphatic carbocycles. The summed E-state index contributed by atoms with van der Waals surface area (Å²) >= 11 is 0. The monoisotopic (exact) mass is 423 g/mol. The molecule has 0 saturated heterocycles. The van der Waals surface area contributed by atoms with E-state index in [-0.39, 0.29) is 28.1 Å². The van der Waals surface area contributed by atoms with Gasteiger partial charge in [-0.15, -0.1) is 0 Å². The minimum atomic E-state index is -0.346. The molecule has 9 heteroatoms. The molecule has 1 N–H and O–H groups in total. The van der Waals surface area contributed by atoms with Crippen LogP contribution in [0.3, 0.4) is 0 Å². The Hall–Kier alpha value is -3.46. The standard InChI is InChI=1S/C22H25N5O4/c1-14-5-6-16-12-25-27(17(16)11-14)8-4-7-23-20(28)18-15(2)31-21-19(18)22(29)26(13-24-21)9-10-30-3/h5-6,11-13H,4,7-10H2,1-3H3,(H,23,28). The van der Waals surface area contributed by atoms with Gasteiger partial charge >= 0.3 is 0 Å². The molecule has 3 aromatic heterocycles. The first-order valence-corrected chi connectivity index (χ1v) is 10.2. The van der Waals surface area contributed by atoms with Crippen molar-refractivity contribution in [3.8, 4) is 0 Å². The molecule has 0 aliphatic heterocycles. The summed E-state index contributed by atoms with van der Waals surface area (Å²) in [7, 11) is 1.56. The Labute approximate surface area is 178 Å². The van der Waals surface area contributed by atoms with Crippen LogP contribution < -0.4 is 10.9 Å². The van der Waals surface area contributed by atoms with Gasteiger partial charge in [-0.05, 0) is 31.9 Å². The van der Waals surface area contributed by atoms with E-state index >= 15 is 0 Å². The number of ether oxygens (including phenoxy) is 1. The summed E-state index contributed by atoms with van der Waals surface area (Å²) < 4.78 is 13.9. The van der Waals surface area contributed by atoms with Crippen molar-refractivity contribution < 1.29 is 13.9 Å². The normalized spacial score (nSPS) is 11.5. The van der Waals surface area contributed by atoms with E-state index in [4.69, 9.17) is 9.15 Å². The number of nitrogens with zero attached hydrogens (tertiary/aromatic N) is 4. The summed E-state index contributed by atoms with van der Waals surface area (Å²) in [5, 5.41) is 8.61. The summed E-state index contributed by atoms with van der Waals surface area (Å²) in [6.45, 7) is 5.54. The van der Waals surface area contributed by atoms with Gasteiger partial charge in [0.25, 0.3) is 11.5 Å². The van der Waals surface area contributed by atoms with E-state index in [1.165, 1.54) is 16.5 Å². The van der Waals surface area contributed by atoms with Gasteiger partial charge in [-0.3, -0.25) is 18.8 Å². The number of amides is 1. The SMILES string of the molecule is COCCn1cnc2oc(C)c(C(=O)NCCCn3ncc4ccc(C)cc43)c2c1=O. The number of aryl methyl sites for hydroxylation is 3. The van der Waals surface area contributed by atoms with E-state index in [0.29, 0.717) is 38.4 Å². The Morgan fingerprint density at radius 1 is 1.26 bits per heavy atom. The van der Waals surface area contributed by atoms with Crippen LogP contribution in [0.2, 0.25) is 0 Å². The average molecular weight is 423 g/mol. The summed E-state index contributed by atoms with van der Waals surface area (Å²) in [5.41, 5.74) is 2.34. The van der Waals surface area contributed by atoms with E-state index in [0.717, 1.165) is 10.9 Å². The molecule has 0 aliphatic rings. The number of carbonyl (C=O) groups is 1. The first-order chi connectivity index (χ1) is 15.0. The minimum absolute atomic E-state index is 0.166. The van der Waals surface area contributed by atoms with E-state index in [2.05, 4.69) is 33.6 Å². The lowest BCUT2D eigenvalue weighted by Crippen LogP contribution is -2.28. The molecular formula is C22H25N5O4. The predicted molar refractivity (Wildman–Crippen MR) is 116 cm³/mol. The number of methoxy groups -OCH3 is 1. The Balaban J connectivity index is 1.46. The second-order valence-corrected chi connectivity index (χ2v) is 7.49. The largest absolute Gasteiger partial charge is 0.442 e. The van der Waals surface area contributed by atoms with Gasteiger partial charge in [-0.25, -0.2) is 4.98 Å². The fourth-order valence-electron chi connectivity index (χ4n) is 3.64. The molecule has 4 rings (SSSR count). The van der Waals surface area contributed by atoms with E-state index < -0.39 is 0 Å². The number of benzene rings is 1. The molecule has 1 amide bonds. The van der Waals surface area contributed by atoms with Gasteiger partial charge in [0.05, 0.1) is 30.4 Å². The molecule has 1 aromatic carbocycles. The predicted octanol–water partition coefficient (Wildman–Crippen LogP) is 2.42. The molecule has 4 aromatic rings. The molecule has 0 atom stereocenters. The van der Waals surface area contributed by atoms with E-state index in [9.17, 15) is 9.59 Å². The third-order valence-electron chi connectivity index (χ3n) is 5.25. The van der Waals surface area contributed by atoms with Crippen LogP contribution in [0.5, 0.6) is 0 Å². The second kappa shape index (κ2) is 8.73. The summed E-state index contributed by atoms with van der Waals surface area (Å²) in [4.78, 5) is 29.8. The van der Waals surface area contributed by atoms with Crippen LogP contribution in [0.1, 0.15) is 28.1 Å². The maximum atomic E-state index is 12.8. The number of rotatable bonds is 8. The zero-order chi connectivity index (χ0) is 22.0. The molecule has 0 radical (unpaired) electrons. The number of furan rings is 1. The molecule has 0 fully saturated rings. The quantitative estimate of drug-likeness (QED) is 0.437. The number of carbonyl (C=O) groups excluding carboxylic acids is 1. The van der Waals surface area contributed by atoms with Crippen LogP contribution in [0, 0.1) is 13.8 Å². The maximum Gasteiger partial charge on any atom is 0.265 e. The van der Waals surface area contributed by atoms with Crippen molar-refractivity contribution in [3.63, 3.8) is 0 Å². The Bertz CT molecular complexity index is 1300.